The topological polar surface area (TPSA) is 93.3 Å². The maximum Gasteiger partial charge on any atom is 0.225 e. The monoisotopic (exact) mass is 240 g/mol. The third-order valence-electron chi connectivity index (χ3n) is 2.90. The van der Waals surface area contributed by atoms with E-state index in [0.717, 1.165) is 0 Å². The summed E-state index contributed by atoms with van der Waals surface area (Å²) in [6.07, 6.45) is 0. The minimum Gasteiger partial charge on any atom is -0.481 e. The first kappa shape index (κ1) is 13.5. The standard InChI is InChI=1S/C11H20N4O2/c1-10(2,11(3,4)16)15-7-6-8(17-5)14-9(12)13-7/h6,16H,1-5H3,(H3,12,13,14,15). The average molecular weight is 240 g/mol. The van der Waals surface area contributed by atoms with E-state index in [1.807, 2.05) is 13.8 Å². The predicted molar refractivity (Wildman–Crippen MR) is 67.0 cm³/mol. The molecule has 6 heteroatoms. The van der Waals surface area contributed by atoms with Crippen molar-refractivity contribution in [1.29, 1.82) is 0 Å². The summed E-state index contributed by atoms with van der Waals surface area (Å²) in [7, 11) is 1.51. The summed E-state index contributed by atoms with van der Waals surface area (Å²) in [5.74, 6) is 1.02. The van der Waals surface area contributed by atoms with Gasteiger partial charge in [0.2, 0.25) is 11.8 Å². The lowest BCUT2D eigenvalue weighted by Gasteiger charge is -2.38. The summed E-state index contributed by atoms with van der Waals surface area (Å²) in [5.41, 5.74) is 4.07. The number of rotatable bonds is 4. The molecule has 0 fully saturated rings. The van der Waals surface area contributed by atoms with E-state index in [1.54, 1.807) is 19.9 Å². The molecule has 0 saturated carbocycles. The van der Waals surface area contributed by atoms with Gasteiger partial charge < -0.3 is 20.9 Å². The molecule has 1 heterocycles. The Balaban J connectivity index is 2.99. The van der Waals surface area contributed by atoms with Gasteiger partial charge in [0.15, 0.2) is 0 Å². The van der Waals surface area contributed by atoms with Gasteiger partial charge in [-0.3, -0.25) is 0 Å². The molecule has 0 radical (unpaired) electrons. The smallest absolute Gasteiger partial charge is 0.225 e. The summed E-state index contributed by atoms with van der Waals surface area (Å²) < 4.78 is 5.00. The molecule has 0 atom stereocenters. The van der Waals surface area contributed by atoms with Crippen LogP contribution in [0.1, 0.15) is 27.7 Å². The zero-order valence-electron chi connectivity index (χ0n) is 10.9. The van der Waals surface area contributed by atoms with Crippen LogP contribution in [-0.2, 0) is 0 Å². The summed E-state index contributed by atoms with van der Waals surface area (Å²) in [6, 6.07) is 1.63. The highest BCUT2D eigenvalue weighted by molar-refractivity contribution is 5.45. The van der Waals surface area contributed by atoms with Gasteiger partial charge in [-0.25, -0.2) is 0 Å². The lowest BCUT2D eigenvalue weighted by molar-refractivity contribution is 0.0238. The van der Waals surface area contributed by atoms with Gasteiger partial charge in [0.05, 0.1) is 18.2 Å². The quantitative estimate of drug-likeness (QED) is 0.727. The number of hydrogen-bond donors (Lipinski definition) is 3. The van der Waals surface area contributed by atoms with Crippen molar-refractivity contribution < 1.29 is 9.84 Å². The molecule has 1 rings (SSSR count). The molecular formula is C11H20N4O2. The van der Waals surface area contributed by atoms with Crippen LogP contribution in [0.4, 0.5) is 11.8 Å². The molecule has 1 aromatic heterocycles. The Labute approximate surface area is 101 Å². The Bertz CT molecular complexity index is 399. The number of methoxy groups -OCH3 is 1. The number of nitrogens with zero attached hydrogens (tertiary/aromatic N) is 2. The van der Waals surface area contributed by atoms with Gasteiger partial charge in [0, 0.05) is 6.07 Å². The summed E-state index contributed by atoms with van der Waals surface area (Å²) >= 11 is 0. The van der Waals surface area contributed by atoms with E-state index in [9.17, 15) is 5.11 Å². The molecule has 4 N–H and O–H groups in total. The molecule has 0 aliphatic carbocycles. The predicted octanol–water partition coefficient (Wildman–Crippen LogP) is 1.03. The number of nitrogen functional groups attached to an aromatic ring is 1. The van der Waals surface area contributed by atoms with Gasteiger partial charge in [0.25, 0.3) is 0 Å². The molecule has 0 spiro atoms. The first-order valence-electron chi connectivity index (χ1n) is 5.35. The lowest BCUT2D eigenvalue weighted by atomic mass is 9.86. The largest absolute Gasteiger partial charge is 0.481 e. The maximum absolute atomic E-state index is 10.0. The average Bonchev–Trinajstić information content (AvgIpc) is 2.14. The Morgan fingerprint density at radius 2 is 1.88 bits per heavy atom. The number of nitrogens with two attached hydrogens (primary N) is 1. The molecule has 0 unspecified atom stereocenters. The highest BCUT2D eigenvalue weighted by Gasteiger charge is 2.35. The van der Waals surface area contributed by atoms with Crippen LogP contribution >= 0.6 is 0 Å². The zero-order chi connectivity index (χ0) is 13.3. The highest BCUT2D eigenvalue weighted by Crippen LogP contribution is 2.26. The van der Waals surface area contributed by atoms with E-state index in [4.69, 9.17) is 10.5 Å². The second-order valence-corrected chi connectivity index (χ2v) is 4.96. The van der Waals surface area contributed by atoms with Gasteiger partial charge in [0.1, 0.15) is 5.82 Å². The summed E-state index contributed by atoms with van der Waals surface area (Å²) in [4.78, 5) is 7.93. The Kier molecular flexibility index (Phi) is 3.47. The number of aliphatic hydroxyl groups is 1. The Morgan fingerprint density at radius 1 is 1.29 bits per heavy atom. The van der Waals surface area contributed by atoms with E-state index in [0.29, 0.717) is 11.7 Å². The van der Waals surface area contributed by atoms with Crippen LogP contribution in [0.3, 0.4) is 0 Å². The van der Waals surface area contributed by atoms with E-state index in [-0.39, 0.29) is 5.95 Å². The van der Waals surface area contributed by atoms with Crippen LogP contribution in [0.15, 0.2) is 6.07 Å². The van der Waals surface area contributed by atoms with Crippen molar-refractivity contribution >= 4 is 11.8 Å². The molecule has 0 aromatic carbocycles. The van der Waals surface area contributed by atoms with Crippen molar-refractivity contribution in [1.82, 2.24) is 9.97 Å². The van der Waals surface area contributed by atoms with Crippen LogP contribution in [-0.4, -0.2) is 33.3 Å². The van der Waals surface area contributed by atoms with Crippen molar-refractivity contribution in [3.05, 3.63) is 6.07 Å². The highest BCUT2D eigenvalue weighted by atomic mass is 16.5. The fourth-order valence-corrected chi connectivity index (χ4v) is 1.08. The first-order valence-corrected chi connectivity index (χ1v) is 5.35. The fourth-order valence-electron chi connectivity index (χ4n) is 1.08. The SMILES string of the molecule is COc1cc(NC(C)(C)C(C)(C)O)nc(N)n1. The van der Waals surface area contributed by atoms with E-state index >= 15 is 0 Å². The molecule has 0 aliphatic heterocycles. The summed E-state index contributed by atoms with van der Waals surface area (Å²) in [5, 5.41) is 13.1. The second kappa shape index (κ2) is 4.37. The molecule has 0 saturated heterocycles. The van der Waals surface area contributed by atoms with Crippen LogP contribution in [0.5, 0.6) is 5.88 Å². The number of anilines is 2. The maximum atomic E-state index is 10.0. The Morgan fingerprint density at radius 3 is 2.35 bits per heavy atom. The van der Waals surface area contributed by atoms with Crippen molar-refractivity contribution in [3.8, 4) is 5.88 Å². The second-order valence-electron chi connectivity index (χ2n) is 4.96. The molecule has 0 bridgehead atoms. The van der Waals surface area contributed by atoms with E-state index in [2.05, 4.69) is 15.3 Å². The molecule has 0 amide bonds. The van der Waals surface area contributed by atoms with Crippen LogP contribution in [0, 0.1) is 0 Å². The third kappa shape index (κ3) is 3.20. The minimum absolute atomic E-state index is 0.124. The number of nitrogens with one attached hydrogen (secondary N) is 1. The molecule has 0 aliphatic rings. The van der Waals surface area contributed by atoms with Crippen LogP contribution in [0.2, 0.25) is 0 Å². The first-order chi connectivity index (χ1) is 7.65. The normalized spacial score (nSPS) is 12.4. The third-order valence-corrected chi connectivity index (χ3v) is 2.90. The van der Waals surface area contributed by atoms with Gasteiger partial charge in [-0.15, -0.1) is 0 Å². The lowest BCUT2D eigenvalue weighted by Crippen LogP contribution is -2.51. The van der Waals surface area contributed by atoms with Gasteiger partial charge in [-0.2, -0.15) is 9.97 Å². The van der Waals surface area contributed by atoms with Crippen LogP contribution < -0.4 is 15.8 Å². The number of hydrogen-bond acceptors (Lipinski definition) is 6. The molecule has 17 heavy (non-hydrogen) atoms. The molecular weight excluding hydrogens is 220 g/mol. The van der Waals surface area contributed by atoms with Gasteiger partial charge in [-0.05, 0) is 27.7 Å². The molecule has 6 nitrogen and oxygen atoms in total. The fraction of sp³-hybridized carbons (Fsp3) is 0.636. The zero-order valence-corrected chi connectivity index (χ0v) is 10.9. The molecule has 96 valence electrons. The van der Waals surface area contributed by atoms with Crippen molar-refractivity contribution in [3.63, 3.8) is 0 Å². The van der Waals surface area contributed by atoms with Crippen molar-refractivity contribution in [2.24, 2.45) is 0 Å². The minimum atomic E-state index is -0.917. The number of aromatic nitrogens is 2. The van der Waals surface area contributed by atoms with E-state index < -0.39 is 11.1 Å². The summed E-state index contributed by atoms with van der Waals surface area (Å²) in [6.45, 7) is 7.19. The Hall–Kier alpha value is -1.56. The van der Waals surface area contributed by atoms with E-state index in [1.165, 1.54) is 7.11 Å². The molecule has 1 aromatic rings. The number of ether oxygens (including phenoxy) is 1. The van der Waals surface area contributed by atoms with Gasteiger partial charge >= 0.3 is 0 Å². The van der Waals surface area contributed by atoms with Crippen molar-refractivity contribution in [2.45, 2.75) is 38.8 Å². The van der Waals surface area contributed by atoms with Crippen molar-refractivity contribution in [2.75, 3.05) is 18.2 Å². The van der Waals surface area contributed by atoms with Crippen LogP contribution in [0.25, 0.3) is 0 Å². The van der Waals surface area contributed by atoms with Gasteiger partial charge in [-0.1, -0.05) is 0 Å².